The van der Waals surface area contributed by atoms with E-state index in [1.54, 1.807) is 12.1 Å². The van der Waals surface area contributed by atoms with E-state index < -0.39 is 24.1 Å². The first-order chi connectivity index (χ1) is 21.5. The number of carboxylic acid groups (broad SMARTS) is 1. The lowest BCUT2D eigenvalue weighted by atomic mass is 9.85. The quantitative estimate of drug-likeness (QED) is 0.253. The van der Waals surface area contributed by atoms with Gasteiger partial charge in [0.15, 0.2) is 0 Å². The second-order valence-electron chi connectivity index (χ2n) is 13.8. The van der Waals surface area contributed by atoms with Crippen molar-refractivity contribution in [2.75, 3.05) is 46.0 Å². The van der Waals surface area contributed by atoms with Gasteiger partial charge in [-0.15, -0.1) is 0 Å². The number of nitrogens with zero attached hydrogens (tertiary/aromatic N) is 4. The Morgan fingerprint density at radius 3 is 2.44 bits per heavy atom. The summed E-state index contributed by atoms with van der Waals surface area (Å²) in [5.74, 6) is 0.312. The molecule has 3 atom stereocenters. The summed E-state index contributed by atoms with van der Waals surface area (Å²) >= 11 is 0. The van der Waals surface area contributed by atoms with Crippen molar-refractivity contribution in [1.29, 1.82) is 0 Å². The number of aryl methyl sites for hydroxylation is 1. The van der Waals surface area contributed by atoms with Crippen molar-refractivity contribution in [3.63, 3.8) is 0 Å². The Balaban J connectivity index is 1.26. The van der Waals surface area contributed by atoms with Crippen LogP contribution in [-0.4, -0.2) is 82.7 Å². The maximum atomic E-state index is 14.3. The van der Waals surface area contributed by atoms with E-state index in [1.807, 2.05) is 50.6 Å². The summed E-state index contributed by atoms with van der Waals surface area (Å²) in [6, 6.07) is 16.4. The highest BCUT2D eigenvalue weighted by molar-refractivity contribution is 5.74. The molecule has 0 amide bonds. The molecule has 2 aliphatic heterocycles. The third-order valence-corrected chi connectivity index (χ3v) is 9.44. The highest BCUT2D eigenvalue weighted by atomic mass is 19.1. The summed E-state index contributed by atoms with van der Waals surface area (Å²) in [7, 11) is 0. The smallest absolute Gasteiger partial charge is 0.321 e. The zero-order valence-corrected chi connectivity index (χ0v) is 27.1. The molecule has 244 valence electrons. The van der Waals surface area contributed by atoms with Gasteiger partial charge in [0.25, 0.3) is 0 Å². The number of hydrogen-bond donors (Lipinski definition) is 1. The number of benzene rings is 2. The van der Waals surface area contributed by atoms with E-state index in [4.69, 9.17) is 9.84 Å². The van der Waals surface area contributed by atoms with Crippen molar-refractivity contribution in [2.45, 2.75) is 71.4 Å². The normalized spacial score (nSPS) is 20.8. The van der Waals surface area contributed by atoms with E-state index >= 15 is 0 Å². The molecule has 2 aromatic carbocycles. The van der Waals surface area contributed by atoms with Gasteiger partial charge in [-0.1, -0.05) is 45.0 Å². The number of rotatable bonds is 12. The lowest BCUT2D eigenvalue weighted by Gasteiger charge is -2.36. The Kier molecular flexibility index (Phi) is 10.6. The number of ether oxygens (including phenoxy) is 1. The van der Waals surface area contributed by atoms with Crippen LogP contribution in [0.4, 0.5) is 8.78 Å². The molecular formula is C36H48F2N4O3. The molecule has 9 heteroatoms. The van der Waals surface area contributed by atoms with Crippen LogP contribution in [-0.2, 0) is 17.8 Å². The number of alkyl halides is 1. The van der Waals surface area contributed by atoms with Crippen molar-refractivity contribution in [2.24, 2.45) is 11.3 Å². The van der Waals surface area contributed by atoms with Gasteiger partial charge in [-0.05, 0) is 85.6 Å². The Labute approximate surface area is 266 Å². The predicted octanol–water partition coefficient (Wildman–Crippen LogP) is 6.38. The molecule has 45 heavy (non-hydrogen) atoms. The average molecular weight is 623 g/mol. The van der Waals surface area contributed by atoms with Crippen molar-refractivity contribution >= 4 is 5.97 Å². The Hall–Kier alpha value is -3.30. The zero-order valence-electron chi connectivity index (χ0n) is 27.1. The van der Waals surface area contributed by atoms with Gasteiger partial charge >= 0.3 is 5.97 Å². The molecule has 0 bridgehead atoms. The number of halogens is 2. The molecule has 0 radical (unpaired) electrons. The minimum atomic E-state index is -0.811. The maximum Gasteiger partial charge on any atom is 0.321 e. The standard InChI is InChI=1S/C36H48F2N4O3/c1-5-45-31-11-9-25(10-12-31)19-30-21-33(42(39-30)18-15-37)26-13-16-40(17-14-26)22-28-23-41(34(35(43)44)36(2,3)4)24-32(28)27-7-6-8-29(38)20-27/h6-12,20-21,26,28,32,34H,5,13-19,22-24H2,1-4H3,(H,43,44)/t28?,32?,34-/m0/s1. The van der Waals surface area contributed by atoms with Gasteiger partial charge in [0.05, 0.1) is 18.8 Å². The van der Waals surface area contributed by atoms with Gasteiger partial charge in [-0.2, -0.15) is 5.10 Å². The fourth-order valence-corrected chi connectivity index (χ4v) is 7.47. The second-order valence-corrected chi connectivity index (χ2v) is 13.8. The molecule has 1 N–H and O–H groups in total. The summed E-state index contributed by atoms with van der Waals surface area (Å²) in [4.78, 5) is 16.9. The number of hydrogen-bond acceptors (Lipinski definition) is 5. The molecule has 7 nitrogen and oxygen atoms in total. The van der Waals surface area contributed by atoms with Crippen LogP contribution in [0.1, 0.15) is 74.9 Å². The van der Waals surface area contributed by atoms with E-state index in [2.05, 4.69) is 28.0 Å². The molecule has 2 unspecified atom stereocenters. The largest absolute Gasteiger partial charge is 0.494 e. The van der Waals surface area contributed by atoms with Gasteiger partial charge in [-0.3, -0.25) is 14.4 Å². The molecule has 0 spiro atoms. The minimum Gasteiger partial charge on any atom is -0.494 e. The number of aliphatic carboxylic acids is 1. The number of piperidine rings is 1. The van der Waals surface area contributed by atoms with Crippen LogP contribution >= 0.6 is 0 Å². The number of carboxylic acids is 1. The molecule has 1 aromatic heterocycles. The van der Waals surface area contributed by atoms with Gasteiger partial charge < -0.3 is 14.7 Å². The number of carbonyl (C=O) groups is 1. The van der Waals surface area contributed by atoms with E-state index in [1.165, 1.54) is 6.07 Å². The molecule has 3 aromatic rings. The van der Waals surface area contributed by atoms with E-state index in [0.717, 1.165) is 60.7 Å². The third-order valence-electron chi connectivity index (χ3n) is 9.44. The summed E-state index contributed by atoms with van der Waals surface area (Å²) in [5, 5.41) is 14.9. The highest BCUT2D eigenvalue weighted by Crippen LogP contribution is 2.39. The van der Waals surface area contributed by atoms with Crippen LogP contribution < -0.4 is 4.74 Å². The van der Waals surface area contributed by atoms with Crippen molar-refractivity contribution in [3.05, 3.63) is 82.9 Å². The van der Waals surface area contributed by atoms with Crippen molar-refractivity contribution in [3.8, 4) is 5.75 Å². The van der Waals surface area contributed by atoms with Gasteiger partial charge in [-0.25, -0.2) is 8.78 Å². The molecule has 3 heterocycles. The molecule has 2 saturated heterocycles. The van der Waals surface area contributed by atoms with Gasteiger partial charge in [0, 0.05) is 43.6 Å². The van der Waals surface area contributed by atoms with Gasteiger partial charge in [0.1, 0.15) is 24.3 Å². The number of aromatic nitrogens is 2. The van der Waals surface area contributed by atoms with E-state index in [9.17, 15) is 18.7 Å². The minimum absolute atomic E-state index is 0.0544. The monoisotopic (exact) mass is 622 g/mol. The maximum absolute atomic E-state index is 14.3. The number of likely N-dealkylation sites (tertiary alicyclic amines) is 2. The second kappa shape index (κ2) is 14.4. The summed E-state index contributed by atoms with van der Waals surface area (Å²) in [5.41, 5.74) is 3.69. The fraction of sp³-hybridized carbons (Fsp3) is 0.556. The van der Waals surface area contributed by atoms with E-state index in [0.29, 0.717) is 32.0 Å². The van der Waals surface area contributed by atoms with Crippen LogP contribution in [0.15, 0.2) is 54.6 Å². The lowest BCUT2D eigenvalue weighted by molar-refractivity contribution is -0.147. The Bertz CT molecular complexity index is 1410. The predicted molar refractivity (Wildman–Crippen MR) is 172 cm³/mol. The third kappa shape index (κ3) is 8.11. The highest BCUT2D eigenvalue weighted by Gasteiger charge is 2.44. The molecule has 2 fully saturated rings. The van der Waals surface area contributed by atoms with Crippen molar-refractivity contribution in [1.82, 2.24) is 19.6 Å². The first-order valence-corrected chi connectivity index (χ1v) is 16.3. The van der Waals surface area contributed by atoms with Crippen LogP contribution in [0.3, 0.4) is 0 Å². The summed E-state index contributed by atoms with van der Waals surface area (Å²) < 4.78 is 35.2. The lowest BCUT2D eigenvalue weighted by Crippen LogP contribution is -2.48. The Morgan fingerprint density at radius 2 is 1.82 bits per heavy atom. The Morgan fingerprint density at radius 1 is 1.09 bits per heavy atom. The first-order valence-electron chi connectivity index (χ1n) is 16.3. The van der Waals surface area contributed by atoms with Crippen molar-refractivity contribution < 1.29 is 23.4 Å². The molecule has 0 aliphatic carbocycles. The van der Waals surface area contributed by atoms with Crippen LogP contribution in [0.2, 0.25) is 0 Å². The topological polar surface area (TPSA) is 70.8 Å². The molecule has 0 saturated carbocycles. The fourth-order valence-electron chi connectivity index (χ4n) is 7.47. The summed E-state index contributed by atoms with van der Waals surface area (Å²) in [6.07, 6.45) is 2.58. The van der Waals surface area contributed by atoms with Gasteiger partial charge in [0.2, 0.25) is 0 Å². The SMILES string of the molecule is CCOc1ccc(Cc2cc(C3CCN(CC4CN([C@@H](C(=O)O)C(C)(C)C)CC4c4cccc(F)c4)CC3)n(CCF)n2)cc1. The van der Waals surface area contributed by atoms with Crippen LogP contribution in [0.25, 0.3) is 0 Å². The van der Waals surface area contributed by atoms with E-state index in [-0.39, 0.29) is 24.2 Å². The zero-order chi connectivity index (χ0) is 32.1. The summed E-state index contributed by atoms with van der Waals surface area (Å²) in [6.45, 7) is 12.2. The first kappa shape index (κ1) is 33.1. The van der Waals surface area contributed by atoms with Crippen LogP contribution in [0, 0.1) is 17.2 Å². The molecule has 2 aliphatic rings. The molecular weight excluding hydrogens is 574 g/mol. The molecule has 5 rings (SSSR count). The average Bonchev–Trinajstić information content (AvgIpc) is 3.57. The van der Waals surface area contributed by atoms with Crippen LogP contribution in [0.5, 0.6) is 5.75 Å².